The average Bonchev–Trinajstić information content (AvgIpc) is 2.18. The Kier molecular flexibility index (Phi) is 4.33. The fourth-order valence-electron chi connectivity index (χ4n) is 1.45. The molecule has 0 aliphatic heterocycles. The molecule has 4 heteroatoms. The highest BCUT2D eigenvalue weighted by atomic mass is 28.4. The Hall–Kier alpha value is -0.453. The Bertz CT molecular complexity index is 326. The molecule has 0 saturated heterocycles. The molecule has 0 aromatic carbocycles. The predicted octanol–water partition coefficient (Wildman–Crippen LogP) is 2.66. The number of hydrogen-bond acceptors (Lipinski definition) is 3. The molecule has 1 aliphatic rings. The van der Waals surface area contributed by atoms with Crippen LogP contribution < -0.4 is 0 Å². The third-order valence-corrected chi connectivity index (χ3v) is 8.29. The minimum absolute atomic E-state index is 0.119. The van der Waals surface area contributed by atoms with E-state index in [4.69, 9.17) is 4.43 Å². The van der Waals surface area contributed by atoms with Crippen LogP contribution in [-0.4, -0.2) is 31.9 Å². The van der Waals surface area contributed by atoms with Gasteiger partial charge in [-0.25, -0.2) is 0 Å². The summed E-state index contributed by atoms with van der Waals surface area (Å²) in [4.78, 5) is 11.7. The van der Waals surface area contributed by atoms with Crippen LogP contribution in [0.15, 0.2) is 11.6 Å². The van der Waals surface area contributed by atoms with E-state index >= 15 is 0 Å². The first kappa shape index (κ1) is 14.6. The standard InChI is InChI=1S/C13H24O3Si/c1-13(2,3)17(4,5)16-9-10-8-11(14)6-7-12(10)15/h8,11,14H,6-7,9H2,1-5H3. The summed E-state index contributed by atoms with van der Waals surface area (Å²) < 4.78 is 5.99. The predicted molar refractivity (Wildman–Crippen MR) is 71.5 cm³/mol. The van der Waals surface area contributed by atoms with Gasteiger partial charge < -0.3 is 9.53 Å². The van der Waals surface area contributed by atoms with Crippen molar-refractivity contribution in [3.8, 4) is 0 Å². The number of carbonyl (C=O) groups excluding carboxylic acids is 1. The molecular weight excluding hydrogens is 232 g/mol. The molecule has 0 aromatic rings. The van der Waals surface area contributed by atoms with Crippen molar-refractivity contribution in [2.45, 2.75) is 57.8 Å². The summed E-state index contributed by atoms with van der Waals surface area (Å²) in [6, 6.07) is 0. The van der Waals surface area contributed by atoms with Crippen LogP contribution in [0, 0.1) is 0 Å². The van der Waals surface area contributed by atoms with E-state index in [9.17, 15) is 9.90 Å². The van der Waals surface area contributed by atoms with Crippen molar-refractivity contribution in [3.63, 3.8) is 0 Å². The lowest BCUT2D eigenvalue weighted by atomic mass is 9.97. The number of aliphatic hydroxyl groups is 1. The molecule has 0 radical (unpaired) electrons. The highest BCUT2D eigenvalue weighted by molar-refractivity contribution is 6.74. The fraction of sp³-hybridized carbons (Fsp3) is 0.769. The lowest BCUT2D eigenvalue weighted by Crippen LogP contribution is -2.41. The topological polar surface area (TPSA) is 46.5 Å². The van der Waals surface area contributed by atoms with Crippen molar-refractivity contribution in [3.05, 3.63) is 11.6 Å². The lowest BCUT2D eigenvalue weighted by molar-refractivity contribution is -0.117. The fourth-order valence-corrected chi connectivity index (χ4v) is 2.40. The molecule has 1 N–H and O–H groups in total. The molecule has 0 amide bonds. The van der Waals surface area contributed by atoms with E-state index in [-0.39, 0.29) is 10.8 Å². The van der Waals surface area contributed by atoms with Gasteiger partial charge in [-0.1, -0.05) is 20.8 Å². The van der Waals surface area contributed by atoms with Crippen LogP contribution in [0.2, 0.25) is 18.1 Å². The van der Waals surface area contributed by atoms with E-state index in [2.05, 4.69) is 33.9 Å². The molecule has 1 rings (SSSR count). The van der Waals surface area contributed by atoms with E-state index in [1.165, 1.54) is 0 Å². The van der Waals surface area contributed by atoms with Crippen LogP contribution in [0.1, 0.15) is 33.6 Å². The summed E-state index contributed by atoms with van der Waals surface area (Å²) in [6.45, 7) is 11.2. The monoisotopic (exact) mass is 256 g/mol. The molecule has 17 heavy (non-hydrogen) atoms. The second kappa shape index (κ2) is 5.04. The number of carbonyl (C=O) groups is 1. The zero-order chi connectivity index (χ0) is 13.3. The van der Waals surface area contributed by atoms with Crippen molar-refractivity contribution in [2.75, 3.05) is 6.61 Å². The van der Waals surface area contributed by atoms with Crippen LogP contribution in [0.4, 0.5) is 0 Å². The number of rotatable bonds is 3. The molecular formula is C13H24O3Si. The number of hydrogen-bond donors (Lipinski definition) is 1. The minimum Gasteiger partial charge on any atom is -0.412 e. The van der Waals surface area contributed by atoms with Gasteiger partial charge in [-0.2, -0.15) is 0 Å². The molecule has 0 saturated carbocycles. The molecule has 0 heterocycles. The molecule has 0 spiro atoms. The first-order chi connectivity index (χ1) is 7.63. The number of aliphatic hydroxyl groups excluding tert-OH is 1. The van der Waals surface area contributed by atoms with Gasteiger partial charge in [-0.3, -0.25) is 4.79 Å². The summed E-state index contributed by atoms with van der Waals surface area (Å²) >= 11 is 0. The molecule has 1 unspecified atom stereocenters. The van der Waals surface area contributed by atoms with Gasteiger partial charge in [0, 0.05) is 12.0 Å². The van der Waals surface area contributed by atoms with Crippen molar-refractivity contribution >= 4 is 14.1 Å². The largest absolute Gasteiger partial charge is 0.412 e. The van der Waals surface area contributed by atoms with Gasteiger partial charge in [-0.05, 0) is 30.6 Å². The van der Waals surface area contributed by atoms with E-state index < -0.39 is 14.4 Å². The van der Waals surface area contributed by atoms with Gasteiger partial charge in [0.05, 0.1) is 12.7 Å². The van der Waals surface area contributed by atoms with E-state index in [1.54, 1.807) is 6.08 Å². The summed E-state index contributed by atoms with van der Waals surface area (Å²) in [5, 5.41) is 9.66. The van der Waals surface area contributed by atoms with E-state index in [1.807, 2.05) is 0 Å². The molecule has 1 aliphatic carbocycles. The van der Waals surface area contributed by atoms with Crippen molar-refractivity contribution < 1.29 is 14.3 Å². The Balaban J connectivity index is 2.65. The normalized spacial score (nSPS) is 22.6. The maximum absolute atomic E-state index is 11.7. The first-order valence-electron chi connectivity index (χ1n) is 6.19. The van der Waals surface area contributed by atoms with Crippen LogP contribution in [-0.2, 0) is 9.22 Å². The van der Waals surface area contributed by atoms with E-state index in [0.29, 0.717) is 25.0 Å². The Morgan fingerprint density at radius 3 is 2.59 bits per heavy atom. The minimum atomic E-state index is -1.82. The Labute approximate surface area is 105 Å². The van der Waals surface area contributed by atoms with Crippen LogP contribution in [0.5, 0.6) is 0 Å². The maximum atomic E-state index is 11.7. The van der Waals surface area contributed by atoms with Gasteiger partial charge in [0.1, 0.15) is 0 Å². The first-order valence-corrected chi connectivity index (χ1v) is 9.10. The molecule has 0 fully saturated rings. The summed E-state index contributed by atoms with van der Waals surface area (Å²) in [7, 11) is -1.82. The number of Topliss-reactive ketones (excluding diaryl/α,β-unsaturated/α-hetero) is 1. The van der Waals surface area contributed by atoms with E-state index in [0.717, 1.165) is 0 Å². The van der Waals surface area contributed by atoms with Gasteiger partial charge in [0.25, 0.3) is 0 Å². The van der Waals surface area contributed by atoms with Crippen molar-refractivity contribution in [2.24, 2.45) is 0 Å². The Morgan fingerprint density at radius 2 is 2.06 bits per heavy atom. The highest BCUT2D eigenvalue weighted by Crippen LogP contribution is 2.36. The summed E-state index contributed by atoms with van der Waals surface area (Å²) in [6.07, 6.45) is 2.15. The van der Waals surface area contributed by atoms with Crippen LogP contribution >= 0.6 is 0 Å². The molecule has 0 aromatic heterocycles. The van der Waals surface area contributed by atoms with Gasteiger partial charge in [-0.15, -0.1) is 0 Å². The third-order valence-electron chi connectivity index (χ3n) is 3.81. The third kappa shape index (κ3) is 3.76. The zero-order valence-electron chi connectivity index (χ0n) is 11.5. The van der Waals surface area contributed by atoms with Crippen LogP contribution in [0.3, 0.4) is 0 Å². The smallest absolute Gasteiger partial charge is 0.192 e. The maximum Gasteiger partial charge on any atom is 0.192 e. The molecule has 98 valence electrons. The highest BCUT2D eigenvalue weighted by Gasteiger charge is 2.37. The van der Waals surface area contributed by atoms with Gasteiger partial charge in [0.2, 0.25) is 0 Å². The zero-order valence-corrected chi connectivity index (χ0v) is 12.5. The molecule has 1 atom stereocenters. The quantitative estimate of drug-likeness (QED) is 0.790. The number of ketones is 1. The van der Waals surface area contributed by atoms with Crippen molar-refractivity contribution in [1.82, 2.24) is 0 Å². The van der Waals surface area contributed by atoms with Gasteiger partial charge >= 0.3 is 0 Å². The summed E-state index contributed by atoms with van der Waals surface area (Å²) in [5.41, 5.74) is 0.647. The second-order valence-electron chi connectivity index (χ2n) is 6.27. The summed E-state index contributed by atoms with van der Waals surface area (Å²) in [5.74, 6) is 0.119. The van der Waals surface area contributed by atoms with Crippen molar-refractivity contribution in [1.29, 1.82) is 0 Å². The molecule has 0 bridgehead atoms. The lowest BCUT2D eigenvalue weighted by Gasteiger charge is -2.36. The molecule has 3 nitrogen and oxygen atoms in total. The van der Waals surface area contributed by atoms with Gasteiger partial charge in [0.15, 0.2) is 14.1 Å². The average molecular weight is 256 g/mol. The van der Waals surface area contributed by atoms with Crippen LogP contribution in [0.25, 0.3) is 0 Å². The SMILES string of the molecule is CC(C)(C)[Si](C)(C)OCC1=CC(O)CCC1=O. The second-order valence-corrected chi connectivity index (χ2v) is 11.1. The Morgan fingerprint density at radius 1 is 1.47 bits per heavy atom.